The van der Waals surface area contributed by atoms with Gasteiger partial charge in [0.1, 0.15) is 6.61 Å². The zero-order valence-corrected chi connectivity index (χ0v) is 12.3. The van der Waals surface area contributed by atoms with Gasteiger partial charge in [0.2, 0.25) is 9.84 Å². The van der Waals surface area contributed by atoms with E-state index in [1.54, 1.807) is 0 Å². The number of sulfone groups is 1. The van der Waals surface area contributed by atoms with E-state index in [4.69, 9.17) is 4.74 Å². The van der Waals surface area contributed by atoms with Gasteiger partial charge in [0.05, 0.1) is 4.90 Å². The van der Waals surface area contributed by atoms with Crippen molar-refractivity contribution < 1.29 is 27.9 Å². The third-order valence-corrected chi connectivity index (χ3v) is 6.23. The molecule has 9 heteroatoms. The normalized spacial score (nSPS) is 26.9. The number of carbonyl (C=O) groups excluding carboxylic acids is 1. The maximum atomic E-state index is 12.9. The number of fused-ring (bicyclic) bond motifs is 4. The van der Waals surface area contributed by atoms with Crippen molar-refractivity contribution in [3.8, 4) is 0 Å². The minimum absolute atomic E-state index is 0.0429. The van der Waals surface area contributed by atoms with Gasteiger partial charge < -0.3 is 15.2 Å². The molecular weight excluding hydrogens is 312 g/mol. The number of carboxylic acid groups (broad SMARTS) is 1. The molecule has 4 rings (SSSR count). The fourth-order valence-corrected chi connectivity index (χ4v) is 4.55. The molecule has 2 N–H and O–H groups in total. The second-order valence-electron chi connectivity index (χ2n) is 5.12. The van der Waals surface area contributed by atoms with Crippen LogP contribution in [0.3, 0.4) is 0 Å². The average Bonchev–Trinajstić information content (AvgIpc) is 2.51. The van der Waals surface area contributed by atoms with Crippen LogP contribution in [0.4, 0.5) is 4.79 Å². The van der Waals surface area contributed by atoms with Gasteiger partial charge in [0.15, 0.2) is 0 Å². The number of hydrogen-bond donors (Lipinski definition) is 2. The first-order valence-electron chi connectivity index (χ1n) is 6.62. The molecule has 0 aromatic heterocycles. The summed E-state index contributed by atoms with van der Waals surface area (Å²) in [5, 5.41) is 12.4. The topological polar surface area (TPSA) is 113 Å². The molecule has 1 saturated heterocycles. The lowest BCUT2D eigenvalue weighted by atomic mass is 10.2. The number of carbonyl (C=O) groups is 2. The van der Waals surface area contributed by atoms with Gasteiger partial charge in [-0.25, -0.2) is 18.0 Å². The fraction of sp³-hybridized carbons (Fsp3) is 0.385. The average molecular weight is 326 g/mol. The van der Waals surface area contributed by atoms with Gasteiger partial charge in [0, 0.05) is 19.6 Å². The van der Waals surface area contributed by atoms with Crippen LogP contribution in [0.25, 0.3) is 0 Å². The lowest BCUT2D eigenvalue weighted by molar-refractivity contribution is -0.145. The molecule has 0 saturated carbocycles. The second kappa shape index (κ2) is 4.96. The zero-order valence-electron chi connectivity index (χ0n) is 11.5. The molecule has 22 heavy (non-hydrogen) atoms. The number of ether oxygens (including phenoxy) is 1. The Morgan fingerprint density at radius 2 is 2.00 bits per heavy atom. The predicted octanol–water partition coefficient (Wildman–Crippen LogP) is -0.203. The van der Waals surface area contributed by atoms with E-state index < -0.39 is 33.3 Å². The van der Waals surface area contributed by atoms with Crippen molar-refractivity contribution in [3.05, 3.63) is 29.8 Å². The van der Waals surface area contributed by atoms with Crippen LogP contribution in [-0.2, 0) is 26.0 Å². The number of benzene rings is 1. The molecule has 0 aliphatic carbocycles. The Bertz CT molecular complexity index is 729. The van der Waals surface area contributed by atoms with Crippen molar-refractivity contribution in [3.63, 3.8) is 0 Å². The van der Waals surface area contributed by atoms with Crippen molar-refractivity contribution in [1.82, 2.24) is 10.2 Å². The van der Waals surface area contributed by atoms with E-state index in [-0.39, 0.29) is 24.6 Å². The summed E-state index contributed by atoms with van der Waals surface area (Å²) in [7, 11) is -4.34. The fourth-order valence-electron chi connectivity index (χ4n) is 2.69. The summed E-state index contributed by atoms with van der Waals surface area (Å²) < 4.78 is 30.9. The van der Waals surface area contributed by atoms with E-state index in [0.717, 1.165) is 4.90 Å². The number of amides is 1. The van der Waals surface area contributed by atoms with Crippen molar-refractivity contribution in [1.29, 1.82) is 0 Å². The molecule has 0 unspecified atom stereocenters. The van der Waals surface area contributed by atoms with Crippen LogP contribution in [0.5, 0.6) is 0 Å². The number of hydrogen-bond acceptors (Lipinski definition) is 6. The molecule has 2 bridgehead atoms. The van der Waals surface area contributed by atoms with Gasteiger partial charge in [-0.3, -0.25) is 4.90 Å². The third-order valence-electron chi connectivity index (χ3n) is 3.91. The minimum atomic E-state index is -4.34. The first kappa shape index (κ1) is 14.8. The van der Waals surface area contributed by atoms with E-state index in [2.05, 4.69) is 5.32 Å². The Morgan fingerprint density at radius 1 is 1.32 bits per heavy atom. The smallest absolute Gasteiger partial charge is 0.411 e. The van der Waals surface area contributed by atoms with E-state index >= 15 is 0 Å². The van der Waals surface area contributed by atoms with Gasteiger partial charge in [-0.2, -0.15) is 0 Å². The molecule has 3 aliphatic heterocycles. The van der Waals surface area contributed by atoms with Gasteiger partial charge in [0.25, 0.3) is 4.87 Å². The SMILES string of the molecule is O=C1OCc2ccc(cc2)S(=O)(=O)[C@@]2(C(=O)O)CNCCN12. The van der Waals surface area contributed by atoms with E-state index in [1.165, 1.54) is 24.3 Å². The summed E-state index contributed by atoms with van der Waals surface area (Å²) in [5.41, 5.74) is 0.630. The highest BCUT2D eigenvalue weighted by molar-refractivity contribution is 7.93. The summed E-state index contributed by atoms with van der Waals surface area (Å²) in [6.07, 6.45) is -0.949. The third kappa shape index (κ3) is 1.89. The summed E-state index contributed by atoms with van der Waals surface area (Å²) in [6.45, 7) is -0.224. The van der Waals surface area contributed by atoms with Crippen LogP contribution in [0.15, 0.2) is 29.2 Å². The van der Waals surface area contributed by atoms with Crippen LogP contribution in [0, 0.1) is 0 Å². The Labute approximate surface area is 126 Å². The van der Waals surface area contributed by atoms with Gasteiger partial charge in [-0.1, -0.05) is 12.1 Å². The Kier molecular flexibility index (Phi) is 3.33. The molecule has 1 aromatic rings. The molecular formula is C13H14N2O6S. The largest absolute Gasteiger partial charge is 0.479 e. The van der Waals surface area contributed by atoms with Crippen LogP contribution in [0.2, 0.25) is 0 Å². The van der Waals surface area contributed by atoms with E-state index in [9.17, 15) is 23.1 Å². The van der Waals surface area contributed by atoms with Crippen molar-refractivity contribution in [2.75, 3.05) is 19.6 Å². The number of rotatable bonds is 1. The number of piperazine rings is 1. The van der Waals surface area contributed by atoms with Crippen LogP contribution >= 0.6 is 0 Å². The molecule has 1 fully saturated rings. The number of nitrogens with zero attached hydrogens (tertiary/aromatic N) is 1. The van der Waals surface area contributed by atoms with Gasteiger partial charge in [-0.05, 0) is 17.7 Å². The first-order valence-corrected chi connectivity index (χ1v) is 8.10. The zero-order chi connectivity index (χ0) is 16.0. The van der Waals surface area contributed by atoms with E-state index in [0.29, 0.717) is 5.56 Å². The molecule has 0 radical (unpaired) electrons. The Morgan fingerprint density at radius 3 is 2.64 bits per heavy atom. The predicted molar refractivity (Wildman–Crippen MR) is 73.8 cm³/mol. The molecule has 118 valence electrons. The summed E-state index contributed by atoms with van der Waals surface area (Å²) in [5.74, 6) is -1.61. The van der Waals surface area contributed by atoms with Crippen molar-refractivity contribution in [2.24, 2.45) is 0 Å². The number of aliphatic carboxylic acids is 1. The summed E-state index contributed by atoms with van der Waals surface area (Å²) >= 11 is 0. The summed E-state index contributed by atoms with van der Waals surface area (Å²) in [6, 6.07) is 5.67. The first-order chi connectivity index (χ1) is 10.4. The van der Waals surface area contributed by atoms with Crippen molar-refractivity contribution >= 4 is 21.9 Å². The lowest BCUT2D eigenvalue weighted by Crippen LogP contribution is -2.70. The lowest BCUT2D eigenvalue weighted by Gasteiger charge is -2.42. The molecule has 8 nitrogen and oxygen atoms in total. The van der Waals surface area contributed by atoms with Gasteiger partial charge >= 0.3 is 12.1 Å². The molecule has 1 aromatic carbocycles. The van der Waals surface area contributed by atoms with Crippen molar-refractivity contribution in [2.45, 2.75) is 16.4 Å². The molecule has 1 atom stereocenters. The standard InChI is InChI=1S/C13H14N2O6S/c16-11(17)13-8-14-5-6-15(13)12(18)21-7-9-1-3-10(4-2-9)22(13,19)20/h1-4,14H,5-8H2,(H,16,17)/t13-/m1/s1. The minimum Gasteiger partial charge on any atom is -0.479 e. The Hall–Kier alpha value is -2.13. The Balaban J connectivity index is 2.30. The van der Waals surface area contributed by atoms with Crippen LogP contribution in [-0.4, -0.2) is 55.0 Å². The van der Waals surface area contributed by atoms with Crippen LogP contribution in [0.1, 0.15) is 5.56 Å². The highest BCUT2D eigenvalue weighted by atomic mass is 32.2. The maximum absolute atomic E-state index is 12.9. The molecule has 0 spiro atoms. The number of nitrogens with one attached hydrogen (secondary N) is 1. The quantitative estimate of drug-likeness (QED) is 0.734. The molecule has 1 amide bonds. The van der Waals surface area contributed by atoms with Gasteiger partial charge in [-0.15, -0.1) is 0 Å². The summed E-state index contributed by atoms with van der Waals surface area (Å²) in [4.78, 5) is 22.3. The maximum Gasteiger partial charge on any atom is 0.411 e. The molecule has 3 aliphatic rings. The number of carboxylic acids is 1. The highest BCUT2D eigenvalue weighted by Gasteiger charge is 2.60. The monoisotopic (exact) mass is 326 g/mol. The second-order valence-corrected chi connectivity index (χ2v) is 7.27. The highest BCUT2D eigenvalue weighted by Crippen LogP contribution is 2.33. The van der Waals surface area contributed by atoms with E-state index in [1.807, 2.05) is 0 Å². The molecule has 3 heterocycles. The van der Waals surface area contributed by atoms with Crippen LogP contribution < -0.4 is 5.32 Å².